The average Bonchev–Trinajstić information content (AvgIpc) is 3.09. The fraction of sp³-hybridized carbons (Fsp3) is 0.429. The van der Waals surface area contributed by atoms with Crippen LogP contribution in [-0.4, -0.2) is 33.4 Å². The first-order valence-corrected chi connectivity index (χ1v) is 7.03. The molecule has 0 saturated carbocycles. The standard InChI is InChI=1S/C14H18F2N4O3/c1-9(5-11(21)12-3-2-4-23-12)18-14(22)19-10-6-17-20(7-10)8-13(15)16/h2-4,6-7,9,11,13,21H,5,8H2,1H3,(H2,18,19,22). The van der Waals surface area contributed by atoms with Gasteiger partial charge in [-0.2, -0.15) is 5.10 Å². The Morgan fingerprint density at radius 2 is 2.30 bits per heavy atom. The first-order chi connectivity index (χ1) is 10.9. The van der Waals surface area contributed by atoms with Crippen LogP contribution < -0.4 is 10.6 Å². The summed E-state index contributed by atoms with van der Waals surface area (Å²) in [5, 5.41) is 18.8. The zero-order chi connectivity index (χ0) is 16.8. The van der Waals surface area contributed by atoms with Crippen LogP contribution in [0.2, 0.25) is 0 Å². The van der Waals surface area contributed by atoms with Crippen LogP contribution in [0.4, 0.5) is 19.3 Å². The zero-order valence-electron chi connectivity index (χ0n) is 12.4. The molecular formula is C14H18F2N4O3. The molecule has 0 spiro atoms. The number of aromatic nitrogens is 2. The lowest BCUT2D eigenvalue weighted by atomic mass is 10.1. The summed E-state index contributed by atoms with van der Waals surface area (Å²) in [6.45, 7) is 1.20. The van der Waals surface area contributed by atoms with Gasteiger partial charge in [0, 0.05) is 18.7 Å². The highest BCUT2D eigenvalue weighted by molar-refractivity contribution is 5.89. The molecule has 2 atom stereocenters. The van der Waals surface area contributed by atoms with E-state index in [1.807, 2.05) is 0 Å². The molecule has 0 aromatic carbocycles. The third kappa shape index (κ3) is 5.37. The number of alkyl halides is 2. The Balaban J connectivity index is 1.78. The number of urea groups is 1. The molecule has 2 heterocycles. The number of anilines is 1. The number of amides is 2. The lowest BCUT2D eigenvalue weighted by molar-refractivity contribution is 0.122. The third-order valence-corrected chi connectivity index (χ3v) is 3.04. The normalized spacial score (nSPS) is 13.8. The lowest BCUT2D eigenvalue weighted by Gasteiger charge is -2.16. The van der Waals surface area contributed by atoms with Crippen LogP contribution in [0.15, 0.2) is 35.2 Å². The number of carbonyl (C=O) groups is 1. The Kier molecular flexibility index (Phi) is 5.69. The first kappa shape index (κ1) is 16.9. The Morgan fingerprint density at radius 1 is 1.52 bits per heavy atom. The number of nitrogens with one attached hydrogen (secondary N) is 2. The van der Waals surface area contributed by atoms with Crippen LogP contribution in [0, 0.1) is 0 Å². The van der Waals surface area contributed by atoms with Crippen molar-refractivity contribution in [2.45, 2.75) is 38.5 Å². The Labute approximate surface area is 131 Å². The summed E-state index contributed by atoms with van der Waals surface area (Å²) in [7, 11) is 0. The molecule has 0 radical (unpaired) electrons. The summed E-state index contributed by atoms with van der Waals surface area (Å²) in [6.07, 6.45) is 0.985. The van der Waals surface area contributed by atoms with E-state index in [1.165, 1.54) is 18.7 Å². The van der Waals surface area contributed by atoms with Crippen molar-refractivity contribution in [2.24, 2.45) is 0 Å². The minimum atomic E-state index is -2.51. The van der Waals surface area contributed by atoms with Gasteiger partial charge in [-0.05, 0) is 19.1 Å². The van der Waals surface area contributed by atoms with Crippen molar-refractivity contribution in [3.05, 3.63) is 36.5 Å². The van der Waals surface area contributed by atoms with Crippen LogP contribution in [0.5, 0.6) is 0 Å². The molecule has 2 amide bonds. The predicted molar refractivity (Wildman–Crippen MR) is 78.1 cm³/mol. The fourth-order valence-corrected chi connectivity index (χ4v) is 2.05. The van der Waals surface area contributed by atoms with E-state index in [2.05, 4.69) is 15.7 Å². The van der Waals surface area contributed by atoms with Gasteiger partial charge in [-0.1, -0.05) is 0 Å². The molecule has 2 aromatic rings. The molecule has 3 N–H and O–H groups in total. The maximum atomic E-state index is 12.2. The van der Waals surface area contributed by atoms with Crippen molar-refractivity contribution < 1.29 is 23.1 Å². The van der Waals surface area contributed by atoms with Gasteiger partial charge in [0.05, 0.1) is 18.1 Å². The highest BCUT2D eigenvalue weighted by atomic mass is 19.3. The number of hydrogen-bond acceptors (Lipinski definition) is 4. The second-order valence-electron chi connectivity index (χ2n) is 5.11. The number of aliphatic hydroxyl groups is 1. The molecule has 23 heavy (non-hydrogen) atoms. The predicted octanol–water partition coefficient (Wildman–Crippen LogP) is 2.37. The van der Waals surface area contributed by atoms with Gasteiger partial charge < -0.3 is 20.2 Å². The average molecular weight is 328 g/mol. The number of aliphatic hydroxyl groups excluding tert-OH is 1. The van der Waals surface area contributed by atoms with E-state index in [0.717, 1.165) is 4.68 Å². The van der Waals surface area contributed by atoms with E-state index in [9.17, 15) is 18.7 Å². The maximum absolute atomic E-state index is 12.2. The van der Waals surface area contributed by atoms with E-state index >= 15 is 0 Å². The topological polar surface area (TPSA) is 92.3 Å². The number of furan rings is 1. The van der Waals surface area contributed by atoms with Crippen molar-refractivity contribution in [2.75, 3.05) is 5.32 Å². The van der Waals surface area contributed by atoms with E-state index in [4.69, 9.17) is 4.42 Å². The Morgan fingerprint density at radius 3 is 2.96 bits per heavy atom. The Hall–Kier alpha value is -2.42. The van der Waals surface area contributed by atoms with E-state index in [1.54, 1.807) is 19.1 Å². The summed E-state index contributed by atoms with van der Waals surface area (Å²) in [5.41, 5.74) is 0.307. The molecule has 7 nitrogen and oxygen atoms in total. The number of nitrogens with zero attached hydrogens (tertiary/aromatic N) is 2. The summed E-state index contributed by atoms with van der Waals surface area (Å²) in [5.74, 6) is 0.423. The minimum Gasteiger partial charge on any atom is -0.467 e. The molecule has 0 aliphatic carbocycles. The molecule has 2 unspecified atom stereocenters. The van der Waals surface area contributed by atoms with E-state index in [0.29, 0.717) is 11.4 Å². The summed E-state index contributed by atoms with van der Waals surface area (Å²) >= 11 is 0. The van der Waals surface area contributed by atoms with Gasteiger partial charge in [-0.25, -0.2) is 13.6 Å². The molecule has 2 aromatic heterocycles. The molecule has 0 fully saturated rings. The van der Waals surface area contributed by atoms with Gasteiger partial charge in [-0.15, -0.1) is 0 Å². The summed E-state index contributed by atoms with van der Waals surface area (Å²) in [6, 6.07) is 2.47. The van der Waals surface area contributed by atoms with Gasteiger partial charge in [0.2, 0.25) is 0 Å². The minimum absolute atomic E-state index is 0.269. The monoisotopic (exact) mass is 328 g/mol. The molecular weight excluding hydrogens is 310 g/mol. The highest BCUT2D eigenvalue weighted by Gasteiger charge is 2.16. The molecule has 2 rings (SSSR count). The van der Waals surface area contributed by atoms with Gasteiger partial charge in [-0.3, -0.25) is 4.68 Å². The van der Waals surface area contributed by atoms with Crippen LogP contribution in [0.1, 0.15) is 25.2 Å². The van der Waals surface area contributed by atoms with Crippen molar-refractivity contribution >= 4 is 11.7 Å². The van der Waals surface area contributed by atoms with Gasteiger partial charge >= 0.3 is 6.03 Å². The summed E-state index contributed by atoms with van der Waals surface area (Å²) < 4.78 is 30.5. The third-order valence-electron chi connectivity index (χ3n) is 3.04. The van der Waals surface area contributed by atoms with Crippen molar-refractivity contribution in [1.82, 2.24) is 15.1 Å². The number of hydrogen-bond donors (Lipinski definition) is 3. The largest absolute Gasteiger partial charge is 0.467 e. The molecule has 9 heteroatoms. The quantitative estimate of drug-likeness (QED) is 0.727. The van der Waals surface area contributed by atoms with Crippen molar-refractivity contribution in [3.63, 3.8) is 0 Å². The Bertz CT molecular complexity index is 615. The second kappa shape index (κ2) is 7.73. The van der Waals surface area contributed by atoms with Crippen LogP contribution in [0.25, 0.3) is 0 Å². The molecule has 126 valence electrons. The molecule has 0 aliphatic rings. The number of halogens is 2. The summed E-state index contributed by atoms with van der Waals surface area (Å²) in [4.78, 5) is 11.8. The van der Waals surface area contributed by atoms with Crippen molar-refractivity contribution in [1.29, 1.82) is 0 Å². The van der Waals surface area contributed by atoms with Gasteiger partial charge in [0.25, 0.3) is 6.43 Å². The van der Waals surface area contributed by atoms with E-state index < -0.39 is 25.1 Å². The van der Waals surface area contributed by atoms with Crippen LogP contribution in [-0.2, 0) is 6.54 Å². The highest BCUT2D eigenvalue weighted by Crippen LogP contribution is 2.18. The maximum Gasteiger partial charge on any atom is 0.319 e. The SMILES string of the molecule is CC(CC(O)c1ccco1)NC(=O)Nc1cnn(CC(F)F)c1. The van der Waals surface area contributed by atoms with E-state index in [-0.39, 0.29) is 12.5 Å². The molecule has 0 bridgehead atoms. The van der Waals surface area contributed by atoms with Gasteiger partial charge in [0.15, 0.2) is 0 Å². The zero-order valence-corrected chi connectivity index (χ0v) is 12.4. The van der Waals surface area contributed by atoms with Crippen LogP contribution in [0.3, 0.4) is 0 Å². The smallest absolute Gasteiger partial charge is 0.319 e. The van der Waals surface area contributed by atoms with Gasteiger partial charge in [0.1, 0.15) is 18.4 Å². The van der Waals surface area contributed by atoms with Crippen molar-refractivity contribution in [3.8, 4) is 0 Å². The fourth-order valence-electron chi connectivity index (χ4n) is 2.05. The van der Waals surface area contributed by atoms with Crippen LogP contribution >= 0.6 is 0 Å². The second-order valence-corrected chi connectivity index (χ2v) is 5.11. The number of carbonyl (C=O) groups excluding carboxylic acids is 1. The number of rotatable bonds is 7. The first-order valence-electron chi connectivity index (χ1n) is 7.03. The molecule has 0 aliphatic heterocycles. The molecule has 0 saturated heterocycles. The lowest BCUT2D eigenvalue weighted by Crippen LogP contribution is -2.36.